The summed E-state index contributed by atoms with van der Waals surface area (Å²) >= 11 is 3.55. The molecule has 0 fully saturated rings. The first-order chi connectivity index (χ1) is 10.1. The maximum absolute atomic E-state index is 6.05. The molecule has 1 aromatic heterocycles. The zero-order chi connectivity index (χ0) is 15.0. The second-order valence-corrected chi connectivity index (χ2v) is 6.33. The molecule has 21 heavy (non-hydrogen) atoms. The Labute approximate surface area is 133 Å². The van der Waals surface area contributed by atoms with Crippen LogP contribution in [0.4, 0.5) is 0 Å². The number of halogens is 1. The number of furan rings is 1. The van der Waals surface area contributed by atoms with E-state index in [-0.39, 0.29) is 6.04 Å². The average molecular weight is 344 g/mol. The van der Waals surface area contributed by atoms with E-state index in [4.69, 9.17) is 4.42 Å². The zero-order valence-electron chi connectivity index (χ0n) is 12.4. The molecule has 2 aromatic carbocycles. The molecule has 1 unspecified atom stereocenters. The summed E-state index contributed by atoms with van der Waals surface area (Å²) < 4.78 is 7.13. The lowest BCUT2D eigenvalue weighted by Crippen LogP contribution is -2.18. The SMILES string of the molecule is CNC(c1cc2cc(C)ccc2o1)c1cc(Br)ccc1C. The lowest BCUT2D eigenvalue weighted by atomic mass is 9.99. The van der Waals surface area contributed by atoms with Gasteiger partial charge in [0.25, 0.3) is 0 Å². The lowest BCUT2D eigenvalue weighted by Gasteiger charge is -2.17. The maximum atomic E-state index is 6.05. The van der Waals surface area contributed by atoms with Gasteiger partial charge in [0.2, 0.25) is 0 Å². The van der Waals surface area contributed by atoms with E-state index in [9.17, 15) is 0 Å². The van der Waals surface area contributed by atoms with Crippen LogP contribution in [-0.2, 0) is 0 Å². The fraction of sp³-hybridized carbons (Fsp3) is 0.222. The van der Waals surface area contributed by atoms with E-state index in [2.05, 4.69) is 71.5 Å². The summed E-state index contributed by atoms with van der Waals surface area (Å²) in [7, 11) is 1.96. The average Bonchev–Trinajstić information content (AvgIpc) is 2.86. The number of aryl methyl sites for hydroxylation is 2. The Hall–Kier alpha value is -1.58. The van der Waals surface area contributed by atoms with Crippen molar-refractivity contribution in [3.63, 3.8) is 0 Å². The number of rotatable bonds is 3. The Kier molecular flexibility index (Phi) is 3.87. The minimum absolute atomic E-state index is 0.0511. The predicted octanol–water partition coefficient (Wildman–Crippen LogP) is 5.12. The molecule has 2 nitrogen and oxygen atoms in total. The number of benzene rings is 2. The van der Waals surface area contributed by atoms with Gasteiger partial charge in [-0.25, -0.2) is 0 Å². The van der Waals surface area contributed by atoms with Crippen molar-refractivity contribution >= 4 is 26.9 Å². The van der Waals surface area contributed by atoms with E-state index in [0.717, 1.165) is 21.2 Å². The summed E-state index contributed by atoms with van der Waals surface area (Å²) in [6.45, 7) is 4.22. The Morgan fingerprint density at radius 1 is 1.05 bits per heavy atom. The van der Waals surface area contributed by atoms with Crippen molar-refractivity contribution in [3.05, 3.63) is 69.4 Å². The topological polar surface area (TPSA) is 25.2 Å². The van der Waals surface area contributed by atoms with Gasteiger partial charge >= 0.3 is 0 Å². The van der Waals surface area contributed by atoms with E-state index in [1.807, 2.05) is 13.1 Å². The molecule has 0 spiro atoms. The van der Waals surface area contributed by atoms with Crippen molar-refractivity contribution in [2.45, 2.75) is 19.9 Å². The number of hydrogen-bond acceptors (Lipinski definition) is 2. The van der Waals surface area contributed by atoms with Crippen LogP contribution >= 0.6 is 15.9 Å². The third kappa shape index (κ3) is 2.76. The third-order valence-corrected chi connectivity index (χ3v) is 4.31. The van der Waals surface area contributed by atoms with Crippen LogP contribution in [0.15, 0.2) is 51.4 Å². The molecule has 0 aliphatic heterocycles. The molecule has 1 N–H and O–H groups in total. The number of nitrogens with one attached hydrogen (secondary N) is 1. The highest BCUT2D eigenvalue weighted by Gasteiger charge is 2.19. The first-order valence-corrected chi connectivity index (χ1v) is 7.81. The summed E-state index contributed by atoms with van der Waals surface area (Å²) in [5.41, 5.74) is 4.65. The second-order valence-electron chi connectivity index (χ2n) is 5.41. The fourth-order valence-electron chi connectivity index (χ4n) is 2.70. The molecule has 0 amide bonds. The molecule has 1 heterocycles. The minimum Gasteiger partial charge on any atom is -0.459 e. The Morgan fingerprint density at radius 3 is 2.62 bits per heavy atom. The van der Waals surface area contributed by atoms with Gasteiger partial charge in [-0.3, -0.25) is 0 Å². The summed E-state index contributed by atoms with van der Waals surface area (Å²) in [4.78, 5) is 0. The van der Waals surface area contributed by atoms with Crippen LogP contribution in [0.1, 0.15) is 28.5 Å². The Bertz CT molecular complexity index is 791. The summed E-state index contributed by atoms with van der Waals surface area (Å²) in [5.74, 6) is 0.944. The summed E-state index contributed by atoms with van der Waals surface area (Å²) in [6.07, 6.45) is 0. The normalized spacial score (nSPS) is 12.8. The Morgan fingerprint density at radius 2 is 1.86 bits per heavy atom. The first kappa shape index (κ1) is 14.4. The molecular weight excluding hydrogens is 326 g/mol. The van der Waals surface area contributed by atoms with Gasteiger partial charge in [-0.2, -0.15) is 0 Å². The Balaban J connectivity index is 2.11. The highest BCUT2D eigenvalue weighted by Crippen LogP contribution is 2.31. The van der Waals surface area contributed by atoms with Gasteiger partial charge in [0, 0.05) is 9.86 Å². The minimum atomic E-state index is 0.0511. The van der Waals surface area contributed by atoms with Crippen LogP contribution in [0.25, 0.3) is 11.0 Å². The van der Waals surface area contributed by atoms with Gasteiger partial charge in [-0.15, -0.1) is 0 Å². The maximum Gasteiger partial charge on any atom is 0.134 e. The fourth-order valence-corrected chi connectivity index (χ4v) is 3.08. The van der Waals surface area contributed by atoms with Gasteiger partial charge in [0.1, 0.15) is 11.3 Å². The van der Waals surface area contributed by atoms with Crippen molar-refractivity contribution in [1.29, 1.82) is 0 Å². The van der Waals surface area contributed by atoms with Gasteiger partial charge in [-0.05, 0) is 62.4 Å². The molecule has 0 aliphatic carbocycles. The highest BCUT2D eigenvalue weighted by molar-refractivity contribution is 9.10. The van der Waals surface area contributed by atoms with Crippen LogP contribution in [0.2, 0.25) is 0 Å². The van der Waals surface area contributed by atoms with E-state index in [1.165, 1.54) is 16.7 Å². The number of fused-ring (bicyclic) bond motifs is 1. The van der Waals surface area contributed by atoms with Crippen LogP contribution in [0.3, 0.4) is 0 Å². The van der Waals surface area contributed by atoms with Crippen LogP contribution in [0, 0.1) is 13.8 Å². The van der Waals surface area contributed by atoms with Crippen LogP contribution in [0.5, 0.6) is 0 Å². The molecule has 3 aromatic rings. The van der Waals surface area contributed by atoms with E-state index >= 15 is 0 Å². The van der Waals surface area contributed by atoms with Crippen LogP contribution in [-0.4, -0.2) is 7.05 Å². The van der Waals surface area contributed by atoms with E-state index in [1.54, 1.807) is 0 Å². The van der Waals surface area contributed by atoms with Crippen LogP contribution < -0.4 is 5.32 Å². The summed E-state index contributed by atoms with van der Waals surface area (Å²) in [5, 5.41) is 4.51. The molecule has 108 valence electrons. The molecule has 3 rings (SSSR count). The summed E-state index contributed by atoms with van der Waals surface area (Å²) in [6, 6.07) is 14.8. The third-order valence-electron chi connectivity index (χ3n) is 3.82. The van der Waals surface area contributed by atoms with Crippen molar-refractivity contribution in [3.8, 4) is 0 Å². The number of hydrogen-bond donors (Lipinski definition) is 1. The molecule has 0 saturated carbocycles. The monoisotopic (exact) mass is 343 g/mol. The second kappa shape index (κ2) is 5.66. The van der Waals surface area contributed by atoms with Crippen molar-refractivity contribution in [1.82, 2.24) is 5.32 Å². The molecule has 0 bridgehead atoms. The molecule has 3 heteroatoms. The van der Waals surface area contributed by atoms with Crippen molar-refractivity contribution < 1.29 is 4.42 Å². The van der Waals surface area contributed by atoms with Crippen molar-refractivity contribution in [2.75, 3.05) is 7.05 Å². The standard InChI is InChI=1S/C18H18BrNO/c1-11-4-7-16-13(8-11)9-17(21-16)18(20-3)15-10-14(19)6-5-12(15)2/h4-10,18,20H,1-3H3. The van der Waals surface area contributed by atoms with Gasteiger partial charge < -0.3 is 9.73 Å². The van der Waals surface area contributed by atoms with E-state index in [0.29, 0.717) is 0 Å². The predicted molar refractivity (Wildman–Crippen MR) is 90.7 cm³/mol. The van der Waals surface area contributed by atoms with Gasteiger partial charge in [0.05, 0.1) is 6.04 Å². The van der Waals surface area contributed by atoms with Crippen molar-refractivity contribution in [2.24, 2.45) is 0 Å². The quantitative estimate of drug-likeness (QED) is 0.713. The van der Waals surface area contributed by atoms with Gasteiger partial charge in [0.15, 0.2) is 0 Å². The lowest BCUT2D eigenvalue weighted by molar-refractivity contribution is 0.490. The highest BCUT2D eigenvalue weighted by atomic mass is 79.9. The molecule has 0 saturated heterocycles. The smallest absolute Gasteiger partial charge is 0.134 e. The molecule has 0 radical (unpaired) electrons. The zero-order valence-corrected chi connectivity index (χ0v) is 14.0. The van der Waals surface area contributed by atoms with E-state index < -0.39 is 0 Å². The molecular formula is C18H18BrNO. The molecule has 0 aliphatic rings. The first-order valence-electron chi connectivity index (χ1n) is 7.02. The largest absolute Gasteiger partial charge is 0.459 e. The van der Waals surface area contributed by atoms with Gasteiger partial charge in [-0.1, -0.05) is 33.6 Å². The molecule has 1 atom stereocenters.